The van der Waals surface area contributed by atoms with Gasteiger partial charge in [0.25, 0.3) is 0 Å². The molecule has 0 atom stereocenters. The van der Waals surface area contributed by atoms with Crippen molar-refractivity contribution in [2.45, 2.75) is 13.8 Å². The maximum absolute atomic E-state index is 10.8. The highest BCUT2D eigenvalue weighted by Crippen LogP contribution is 1.91. The van der Waals surface area contributed by atoms with Gasteiger partial charge in [-0.3, -0.25) is 0 Å². The zero-order valence-corrected chi connectivity index (χ0v) is 8.41. The van der Waals surface area contributed by atoms with Crippen molar-refractivity contribution in [3.63, 3.8) is 0 Å². The van der Waals surface area contributed by atoms with E-state index in [1.54, 1.807) is 19.9 Å². The Hall–Kier alpha value is -1.58. The quantitative estimate of drug-likeness (QED) is 0.378. The second-order valence-corrected chi connectivity index (χ2v) is 2.58. The largest absolute Gasteiger partial charge is 0.459 e. The highest BCUT2D eigenvalue weighted by Gasteiger charge is 2.02. The third kappa shape index (κ3) is 5.99. The van der Waals surface area contributed by atoms with Crippen LogP contribution in [-0.4, -0.2) is 25.2 Å². The van der Waals surface area contributed by atoms with Crippen LogP contribution in [0.25, 0.3) is 0 Å². The van der Waals surface area contributed by atoms with E-state index in [1.165, 1.54) is 6.08 Å². The average Bonchev–Trinajstić information content (AvgIpc) is 2.12. The Morgan fingerprint density at radius 2 is 1.86 bits per heavy atom. The zero-order chi connectivity index (χ0) is 11.0. The molecule has 0 saturated heterocycles. The van der Waals surface area contributed by atoms with Gasteiger partial charge in [-0.05, 0) is 13.8 Å². The van der Waals surface area contributed by atoms with Gasteiger partial charge in [0.15, 0.2) is 0 Å². The average molecular weight is 198 g/mol. The summed E-state index contributed by atoms with van der Waals surface area (Å²) >= 11 is 0. The van der Waals surface area contributed by atoms with Crippen LogP contribution in [0.3, 0.4) is 0 Å². The summed E-state index contributed by atoms with van der Waals surface area (Å²) in [7, 11) is 0. The summed E-state index contributed by atoms with van der Waals surface area (Å²) < 4.78 is 9.37. The van der Waals surface area contributed by atoms with E-state index in [2.05, 4.69) is 11.3 Å². The summed E-state index contributed by atoms with van der Waals surface area (Å²) in [5, 5.41) is 0. The predicted molar refractivity (Wildman–Crippen MR) is 51.5 cm³/mol. The van der Waals surface area contributed by atoms with Crippen molar-refractivity contribution in [3.8, 4) is 0 Å². The van der Waals surface area contributed by atoms with Crippen molar-refractivity contribution < 1.29 is 19.1 Å². The van der Waals surface area contributed by atoms with Gasteiger partial charge in [-0.1, -0.05) is 12.7 Å². The Morgan fingerprint density at radius 3 is 2.36 bits per heavy atom. The molecule has 0 fully saturated rings. The van der Waals surface area contributed by atoms with Gasteiger partial charge in [-0.2, -0.15) is 0 Å². The molecule has 0 spiro atoms. The monoisotopic (exact) mass is 198 g/mol. The molecule has 0 bridgehead atoms. The van der Waals surface area contributed by atoms with Crippen LogP contribution >= 0.6 is 0 Å². The Bertz CT molecular complexity index is 253. The summed E-state index contributed by atoms with van der Waals surface area (Å²) in [6.45, 7) is 6.77. The van der Waals surface area contributed by atoms with Gasteiger partial charge in [0.2, 0.25) is 0 Å². The minimum absolute atomic E-state index is 0.0506. The molecule has 4 nitrogen and oxygen atoms in total. The molecule has 0 rings (SSSR count). The Labute approximate surface area is 83.2 Å². The second-order valence-electron chi connectivity index (χ2n) is 2.58. The Morgan fingerprint density at radius 1 is 1.29 bits per heavy atom. The molecule has 0 unspecified atom stereocenters. The minimum atomic E-state index is -0.480. The van der Waals surface area contributed by atoms with Crippen LogP contribution in [0.4, 0.5) is 0 Å². The lowest BCUT2D eigenvalue weighted by Crippen LogP contribution is -2.12. The third-order valence-electron chi connectivity index (χ3n) is 1.21. The fraction of sp³-hybridized carbons (Fsp3) is 0.400. The van der Waals surface area contributed by atoms with Crippen molar-refractivity contribution in [1.82, 2.24) is 0 Å². The summed E-state index contributed by atoms with van der Waals surface area (Å²) in [4.78, 5) is 21.6. The Balaban J connectivity index is 3.52. The highest BCUT2D eigenvalue weighted by atomic mass is 16.6. The standard InChI is InChI=1S/C10H14O4/c1-4-5-9(11)13-6-7-14-10(12)8(2)3/h4-5H,2,6-7H2,1,3H3/b5-4+. The van der Waals surface area contributed by atoms with Crippen LogP contribution in [0.1, 0.15) is 13.8 Å². The molecule has 0 amide bonds. The van der Waals surface area contributed by atoms with Gasteiger partial charge in [0.05, 0.1) is 0 Å². The topological polar surface area (TPSA) is 52.6 Å². The molecule has 0 saturated carbocycles. The first kappa shape index (κ1) is 12.4. The smallest absolute Gasteiger partial charge is 0.333 e. The first-order chi connectivity index (χ1) is 6.57. The first-order valence-electron chi connectivity index (χ1n) is 4.20. The predicted octanol–water partition coefficient (Wildman–Crippen LogP) is 1.22. The van der Waals surface area contributed by atoms with Crippen molar-refractivity contribution >= 4 is 11.9 Å². The van der Waals surface area contributed by atoms with E-state index in [4.69, 9.17) is 4.74 Å². The molecular formula is C10H14O4. The summed E-state index contributed by atoms with van der Waals surface area (Å²) in [5.41, 5.74) is 0.324. The van der Waals surface area contributed by atoms with Gasteiger partial charge in [-0.15, -0.1) is 0 Å². The summed E-state index contributed by atoms with van der Waals surface area (Å²) in [6, 6.07) is 0. The van der Waals surface area contributed by atoms with Crippen molar-refractivity contribution in [2.24, 2.45) is 0 Å². The molecule has 78 valence electrons. The number of allylic oxidation sites excluding steroid dienone is 1. The minimum Gasteiger partial charge on any atom is -0.459 e. The normalized spacial score (nSPS) is 9.86. The van der Waals surface area contributed by atoms with E-state index < -0.39 is 11.9 Å². The van der Waals surface area contributed by atoms with Crippen molar-refractivity contribution in [3.05, 3.63) is 24.3 Å². The van der Waals surface area contributed by atoms with Crippen LogP contribution < -0.4 is 0 Å². The van der Waals surface area contributed by atoms with Gasteiger partial charge in [0, 0.05) is 11.6 Å². The van der Waals surface area contributed by atoms with Crippen LogP contribution in [0.5, 0.6) is 0 Å². The fourth-order valence-electron chi connectivity index (χ4n) is 0.584. The lowest BCUT2D eigenvalue weighted by Gasteiger charge is -2.03. The van der Waals surface area contributed by atoms with E-state index in [0.717, 1.165) is 0 Å². The fourth-order valence-corrected chi connectivity index (χ4v) is 0.584. The second kappa shape index (κ2) is 6.88. The van der Waals surface area contributed by atoms with E-state index in [1.807, 2.05) is 0 Å². The molecule has 0 aromatic carbocycles. The van der Waals surface area contributed by atoms with Crippen molar-refractivity contribution in [2.75, 3.05) is 13.2 Å². The lowest BCUT2D eigenvalue weighted by atomic mass is 10.4. The number of ether oxygens (including phenoxy) is 2. The molecule has 0 aliphatic carbocycles. The van der Waals surface area contributed by atoms with E-state index in [-0.39, 0.29) is 13.2 Å². The Kier molecular flexibility index (Phi) is 6.11. The number of rotatable bonds is 5. The molecule has 4 heteroatoms. The number of hydrogen-bond acceptors (Lipinski definition) is 4. The van der Waals surface area contributed by atoms with Crippen LogP contribution in [0.2, 0.25) is 0 Å². The first-order valence-corrected chi connectivity index (χ1v) is 4.20. The zero-order valence-electron chi connectivity index (χ0n) is 8.41. The number of carbonyl (C=O) groups excluding carboxylic acids is 2. The highest BCUT2D eigenvalue weighted by molar-refractivity contribution is 5.86. The van der Waals surface area contributed by atoms with Gasteiger partial charge in [-0.25, -0.2) is 9.59 Å². The van der Waals surface area contributed by atoms with E-state index >= 15 is 0 Å². The van der Waals surface area contributed by atoms with Gasteiger partial charge < -0.3 is 9.47 Å². The number of carbonyl (C=O) groups is 2. The van der Waals surface area contributed by atoms with Crippen LogP contribution in [0, 0.1) is 0 Å². The molecule has 0 aliphatic heterocycles. The molecule has 0 N–H and O–H groups in total. The van der Waals surface area contributed by atoms with Gasteiger partial charge >= 0.3 is 11.9 Å². The van der Waals surface area contributed by atoms with Gasteiger partial charge in [0.1, 0.15) is 13.2 Å². The van der Waals surface area contributed by atoms with Crippen molar-refractivity contribution in [1.29, 1.82) is 0 Å². The number of hydrogen-bond donors (Lipinski definition) is 0. The molecule has 0 aromatic rings. The molecular weight excluding hydrogens is 184 g/mol. The van der Waals surface area contributed by atoms with Crippen LogP contribution in [0.15, 0.2) is 24.3 Å². The maximum atomic E-state index is 10.8. The molecule has 0 radical (unpaired) electrons. The number of esters is 2. The molecule has 0 aliphatic rings. The lowest BCUT2D eigenvalue weighted by molar-refractivity contribution is -0.146. The molecule has 0 heterocycles. The summed E-state index contributed by atoms with van der Waals surface area (Å²) in [5.74, 6) is -0.925. The van der Waals surface area contributed by atoms with Crippen LogP contribution in [-0.2, 0) is 19.1 Å². The van der Waals surface area contributed by atoms with E-state index in [0.29, 0.717) is 5.57 Å². The maximum Gasteiger partial charge on any atom is 0.333 e. The SMILES string of the molecule is C=C(C)C(=O)OCCOC(=O)/C=C/C. The third-order valence-corrected chi connectivity index (χ3v) is 1.21. The summed E-state index contributed by atoms with van der Waals surface area (Å²) in [6.07, 6.45) is 2.86. The van der Waals surface area contributed by atoms with E-state index in [9.17, 15) is 9.59 Å². The molecule has 0 aromatic heterocycles. The molecule has 14 heavy (non-hydrogen) atoms.